The number of benzene rings is 3. The highest BCUT2D eigenvalue weighted by Gasteiger charge is 2.30. The van der Waals surface area contributed by atoms with Crippen LogP contribution in [0.25, 0.3) is 10.8 Å². The fraction of sp³-hybridized carbons (Fsp3) is 0.208. The van der Waals surface area contributed by atoms with Gasteiger partial charge in [-0.2, -0.15) is 0 Å². The molecule has 0 saturated carbocycles. The third-order valence-electron chi connectivity index (χ3n) is 5.09. The first-order chi connectivity index (χ1) is 15.1. The Morgan fingerprint density at radius 2 is 1.77 bits per heavy atom. The molecule has 1 aliphatic rings. The van der Waals surface area contributed by atoms with E-state index in [1.54, 1.807) is 29.2 Å². The lowest BCUT2D eigenvalue weighted by Crippen LogP contribution is -2.39. The molecule has 1 unspecified atom stereocenters. The van der Waals surface area contributed by atoms with E-state index in [9.17, 15) is 14.4 Å². The van der Waals surface area contributed by atoms with Gasteiger partial charge in [-0.3, -0.25) is 14.4 Å². The summed E-state index contributed by atoms with van der Waals surface area (Å²) in [7, 11) is 0. The molecule has 158 valence electrons. The molecule has 0 aliphatic carbocycles. The molecule has 0 aromatic heterocycles. The zero-order chi connectivity index (χ0) is 21.8. The molecule has 31 heavy (non-hydrogen) atoms. The van der Waals surface area contributed by atoms with Gasteiger partial charge in [0.25, 0.3) is 11.8 Å². The van der Waals surface area contributed by atoms with Crippen LogP contribution in [-0.4, -0.2) is 37.0 Å². The molecule has 0 spiro atoms. The van der Waals surface area contributed by atoms with Gasteiger partial charge >= 0.3 is 5.97 Å². The number of carbonyl (C=O) groups excluding carboxylic acids is 3. The number of anilines is 2. The number of amides is 2. The van der Waals surface area contributed by atoms with Crippen LogP contribution in [0.15, 0.2) is 66.7 Å². The Balaban J connectivity index is 1.38. The van der Waals surface area contributed by atoms with Crippen molar-refractivity contribution in [3.8, 4) is 5.75 Å². The van der Waals surface area contributed by atoms with Crippen molar-refractivity contribution < 1.29 is 23.9 Å². The zero-order valence-corrected chi connectivity index (χ0v) is 17.0. The van der Waals surface area contributed by atoms with Crippen molar-refractivity contribution in [1.82, 2.24) is 0 Å². The Labute approximate surface area is 179 Å². The van der Waals surface area contributed by atoms with Crippen molar-refractivity contribution in [3.05, 3.63) is 66.7 Å². The molecule has 7 nitrogen and oxygen atoms in total. The van der Waals surface area contributed by atoms with E-state index in [0.29, 0.717) is 18.0 Å². The van der Waals surface area contributed by atoms with Crippen molar-refractivity contribution in [2.75, 3.05) is 23.4 Å². The van der Waals surface area contributed by atoms with E-state index < -0.39 is 24.6 Å². The Hall–Kier alpha value is -3.87. The van der Waals surface area contributed by atoms with Gasteiger partial charge in [0.2, 0.25) is 0 Å². The Morgan fingerprint density at radius 3 is 2.61 bits per heavy atom. The van der Waals surface area contributed by atoms with E-state index in [2.05, 4.69) is 5.32 Å². The molecule has 0 saturated heterocycles. The molecule has 4 rings (SSSR count). The number of fused-ring (bicyclic) bond motifs is 2. The van der Waals surface area contributed by atoms with Gasteiger partial charge in [0.05, 0.1) is 17.8 Å². The fourth-order valence-corrected chi connectivity index (χ4v) is 3.58. The van der Waals surface area contributed by atoms with Gasteiger partial charge in [0.15, 0.2) is 12.7 Å². The Bertz CT molecular complexity index is 1140. The molecule has 0 radical (unpaired) electrons. The smallest absolute Gasteiger partial charge is 0.310 e. The van der Waals surface area contributed by atoms with E-state index in [4.69, 9.17) is 9.47 Å². The van der Waals surface area contributed by atoms with E-state index in [1.807, 2.05) is 49.4 Å². The summed E-state index contributed by atoms with van der Waals surface area (Å²) in [5.74, 6) is -0.953. The van der Waals surface area contributed by atoms with Crippen molar-refractivity contribution in [3.63, 3.8) is 0 Å². The maximum Gasteiger partial charge on any atom is 0.310 e. The van der Waals surface area contributed by atoms with Gasteiger partial charge in [-0.25, -0.2) is 0 Å². The van der Waals surface area contributed by atoms with Crippen LogP contribution in [0.4, 0.5) is 11.4 Å². The number of ether oxygens (including phenoxy) is 2. The number of nitrogens with zero attached hydrogens (tertiary/aromatic N) is 1. The molecule has 0 bridgehead atoms. The normalized spacial score (nSPS) is 14.9. The maximum absolute atomic E-state index is 12.8. The van der Waals surface area contributed by atoms with E-state index in [1.165, 1.54) is 0 Å². The largest absolute Gasteiger partial charge is 0.478 e. The van der Waals surface area contributed by atoms with E-state index in [0.717, 1.165) is 16.5 Å². The second kappa shape index (κ2) is 8.87. The quantitative estimate of drug-likeness (QED) is 0.619. The lowest BCUT2D eigenvalue weighted by molar-refractivity contribution is -0.150. The van der Waals surface area contributed by atoms with Gasteiger partial charge < -0.3 is 19.7 Å². The first kappa shape index (κ1) is 20.4. The molecule has 3 aromatic carbocycles. The maximum atomic E-state index is 12.8. The van der Waals surface area contributed by atoms with Crippen LogP contribution < -0.4 is 15.0 Å². The minimum atomic E-state index is -1.00. The molecule has 1 N–H and O–H groups in total. The van der Waals surface area contributed by atoms with Crippen LogP contribution in [0.3, 0.4) is 0 Å². The predicted molar refractivity (Wildman–Crippen MR) is 117 cm³/mol. The monoisotopic (exact) mass is 418 g/mol. The third-order valence-corrected chi connectivity index (χ3v) is 5.09. The number of likely N-dealkylation sites (N-methyl/N-ethyl adjacent to an activating group) is 1. The van der Waals surface area contributed by atoms with Crippen molar-refractivity contribution >= 4 is 39.9 Å². The van der Waals surface area contributed by atoms with Crippen molar-refractivity contribution in [2.45, 2.75) is 19.4 Å². The summed E-state index contributed by atoms with van der Waals surface area (Å²) in [5, 5.41) is 4.66. The fourth-order valence-electron chi connectivity index (χ4n) is 3.58. The lowest BCUT2D eigenvalue weighted by atomic mass is 10.1. The van der Waals surface area contributed by atoms with Crippen LogP contribution in [0.2, 0.25) is 0 Å². The number of carbonyl (C=O) groups is 3. The summed E-state index contributed by atoms with van der Waals surface area (Å²) >= 11 is 0. The summed E-state index contributed by atoms with van der Waals surface area (Å²) in [5.41, 5.74) is 1.31. The number of hydrogen-bond donors (Lipinski definition) is 1. The SMILES string of the molecule is CCN(C(=O)COC(=O)CC1Oc2ccccc2NC1=O)c1cccc2ccccc12. The molecule has 1 aliphatic heterocycles. The second-order valence-electron chi connectivity index (χ2n) is 7.09. The summed E-state index contributed by atoms with van der Waals surface area (Å²) in [4.78, 5) is 38.8. The number of nitrogens with one attached hydrogen (secondary N) is 1. The zero-order valence-electron chi connectivity index (χ0n) is 17.0. The molecule has 1 heterocycles. The van der Waals surface area contributed by atoms with Gasteiger partial charge in [-0.15, -0.1) is 0 Å². The minimum absolute atomic E-state index is 0.284. The minimum Gasteiger partial charge on any atom is -0.478 e. The topological polar surface area (TPSA) is 84.9 Å². The number of esters is 1. The van der Waals surface area contributed by atoms with Gasteiger partial charge in [0, 0.05) is 11.9 Å². The highest BCUT2D eigenvalue weighted by atomic mass is 16.5. The molecule has 7 heteroatoms. The average molecular weight is 418 g/mol. The first-order valence-electron chi connectivity index (χ1n) is 10.1. The highest BCUT2D eigenvalue weighted by Crippen LogP contribution is 2.30. The molecule has 1 atom stereocenters. The Morgan fingerprint density at radius 1 is 1.03 bits per heavy atom. The van der Waals surface area contributed by atoms with Crippen LogP contribution in [0.1, 0.15) is 13.3 Å². The Kier molecular flexibility index (Phi) is 5.84. The van der Waals surface area contributed by atoms with Crippen LogP contribution in [0.5, 0.6) is 5.75 Å². The molecule has 0 fully saturated rings. The number of rotatable bonds is 6. The number of hydrogen-bond acceptors (Lipinski definition) is 5. The lowest BCUT2D eigenvalue weighted by Gasteiger charge is -2.25. The van der Waals surface area contributed by atoms with Gasteiger partial charge in [0.1, 0.15) is 5.75 Å². The van der Waals surface area contributed by atoms with E-state index >= 15 is 0 Å². The van der Waals surface area contributed by atoms with Crippen molar-refractivity contribution in [1.29, 1.82) is 0 Å². The van der Waals surface area contributed by atoms with E-state index in [-0.39, 0.29) is 12.3 Å². The summed E-state index contributed by atoms with van der Waals surface area (Å²) in [6, 6.07) is 20.5. The van der Waals surface area contributed by atoms with Crippen LogP contribution in [-0.2, 0) is 19.1 Å². The molecular weight excluding hydrogens is 396 g/mol. The first-order valence-corrected chi connectivity index (χ1v) is 10.1. The molecule has 3 aromatic rings. The third kappa shape index (κ3) is 4.35. The molecule has 2 amide bonds. The highest BCUT2D eigenvalue weighted by molar-refractivity contribution is 6.04. The standard InChI is InChI=1S/C24H22N2O5/c1-2-26(19-12-7-9-16-8-3-4-10-17(16)19)22(27)15-30-23(28)14-21-24(29)25-18-11-5-6-13-20(18)31-21/h3-13,21H,2,14-15H2,1H3,(H,25,29). The second-order valence-corrected chi connectivity index (χ2v) is 7.09. The van der Waals surface area contributed by atoms with Gasteiger partial charge in [-0.1, -0.05) is 48.5 Å². The van der Waals surface area contributed by atoms with Gasteiger partial charge in [-0.05, 0) is 30.5 Å². The molecular formula is C24H22N2O5. The van der Waals surface area contributed by atoms with Crippen LogP contribution in [0, 0.1) is 0 Å². The predicted octanol–water partition coefficient (Wildman–Crippen LogP) is 3.53. The summed E-state index contributed by atoms with van der Waals surface area (Å²) < 4.78 is 10.8. The summed E-state index contributed by atoms with van der Waals surface area (Å²) in [6.45, 7) is 1.87. The van der Waals surface area contributed by atoms with Crippen LogP contribution >= 0.6 is 0 Å². The van der Waals surface area contributed by atoms with Crippen molar-refractivity contribution in [2.24, 2.45) is 0 Å². The number of para-hydroxylation sites is 2. The average Bonchev–Trinajstić information content (AvgIpc) is 2.79. The summed E-state index contributed by atoms with van der Waals surface area (Å²) in [6.07, 6.45) is -1.29.